The van der Waals surface area contributed by atoms with Crippen LogP contribution in [0.5, 0.6) is 0 Å². The molecular weight excluding hydrogens is 860 g/mol. The highest BCUT2D eigenvalue weighted by atomic mass is 31.2. The zero-order valence-corrected chi connectivity index (χ0v) is 41.9. The molecule has 13 heteroatoms. The van der Waals surface area contributed by atoms with Crippen molar-refractivity contribution < 1.29 is 58.3 Å². The number of hydrogen-bond acceptors (Lipinski definition) is 11. The second-order valence-corrected chi connectivity index (χ2v) is 19.0. The molecule has 0 spiro atoms. The van der Waals surface area contributed by atoms with Crippen LogP contribution in [0.25, 0.3) is 0 Å². The second-order valence-electron chi connectivity index (χ2n) is 17.6. The molecule has 1 fully saturated rings. The molecule has 12 nitrogen and oxygen atoms in total. The Morgan fingerprint density at radius 3 is 1.38 bits per heavy atom. The van der Waals surface area contributed by atoms with Crippen molar-refractivity contribution in [3.05, 3.63) is 72.9 Å². The van der Waals surface area contributed by atoms with E-state index in [2.05, 4.69) is 86.8 Å². The highest BCUT2D eigenvalue weighted by Gasteiger charge is 2.51. The van der Waals surface area contributed by atoms with Crippen molar-refractivity contribution in [2.75, 3.05) is 19.8 Å². The van der Waals surface area contributed by atoms with Crippen molar-refractivity contribution in [3.63, 3.8) is 0 Å². The summed E-state index contributed by atoms with van der Waals surface area (Å²) in [6.45, 7) is 4.11. The molecule has 66 heavy (non-hydrogen) atoms. The molecule has 0 aliphatic heterocycles. The van der Waals surface area contributed by atoms with Crippen LogP contribution in [-0.4, -0.2) is 98.9 Å². The molecule has 1 rings (SSSR count). The molecule has 0 aromatic heterocycles. The Morgan fingerprint density at radius 2 is 0.894 bits per heavy atom. The van der Waals surface area contributed by atoms with E-state index in [1.807, 2.05) is 0 Å². The summed E-state index contributed by atoms with van der Waals surface area (Å²) in [5, 5.41) is 50.3. The Morgan fingerprint density at radius 1 is 0.500 bits per heavy atom. The van der Waals surface area contributed by atoms with Crippen molar-refractivity contribution in [1.82, 2.24) is 0 Å². The zero-order chi connectivity index (χ0) is 48.4. The van der Waals surface area contributed by atoms with Crippen LogP contribution in [0.15, 0.2) is 72.9 Å². The van der Waals surface area contributed by atoms with E-state index in [0.29, 0.717) is 13.0 Å². The average molecular weight is 953 g/mol. The molecule has 0 bridgehead atoms. The van der Waals surface area contributed by atoms with E-state index in [1.165, 1.54) is 64.2 Å². The minimum atomic E-state index is -5.03. The smallest absolute Gasteiger partial charge is 0.457 e. The molecule has 6 N–H and O–H groups in total. The van der Waals surface area contributed by atoms with Gasteiger partial charge in [-0.3, -0.25) is 13.8 Å². The first-order valence-corrected chi connectivity index (χ1v) is 27.3. The lowest BCUT2D eigenvalue weighted by molar-refractivity contribution is -0.220. The van der Waals surface area contributed by atoms with Gasteiger partial charge in [0.05, 0.1) is 13.2 Å². The van der Waals surface area contributed by atoms with E-state index in [-0.39, 0.29) is 13.0 Å². The molecule has 0 radical (unpaired) electrons. The van der Waals surface area contributed by atoms with Crippen LogP contribution in [0.2, 0.25) is 0 Å². The van der Waals surface area contributed by atoms with E-state index >= 15 is 0 Å². The Bertz CT molecular complexity index is 1360. The topological polar surface area (TPSA) is 192 Å². The van der Waals surface area contributed by atoms with Gasteiger partial charge in [-0.15, -0.1) is 0 Å². The monoisotopic (exact) mass is 953 g/mol. The lowest BCUT2D eigenvalue weighted by atomic mass is 9.85. The van der Waals surface area contributed by atoms with Crippen molar-refractivity contribution in [3.8, 4) is 0 Å². The molecule has 1 saturated carbocycles. The van der Waals surface area contributed by atoms with Gasteiger partial charge in [-0.05, 0) is 83.5 Å². The normalized spacial score (nSPS) is 22.0. The molecule has 6 unspecified atom stereocenters. The van der Waals surface area contributed by atoms with E-state index in [9.17, 15) is 39.8 Å². The summed E-state index contributed by atoms with van der Waals surface area (Å²) in [6, 6.07) is 0. The minimum Gasteiger partial charge on any atom is -0.457 e. The maximum absolute atomic E-state index is 12.8. The summed E-state index contributed by atoms with van der Waals surface area (Å²) in [5.41, 5.74) is 0. The fourth-order valence-electron chi connectivity index (χ4n) is 7.49. The summed E-state index contributed by atoms with van der Waals surface area (Å²) >= 11 is 0. The van der Waals surface area contributed by atoms with Crippen LogP contribution >= 0.6 is 7.82 Å². The maximum atomic E-state index is 12.8. The van der Waals surface area contributed by atoms with Crippen LogP contribution < -0.4 is 0 Å². The fourth-order valence-corrected chi connectivity index (χ4v) is 8.47. The minimum absolute atomic E-state index is 0.0890. The summed E-state index contributed by atoms with van der Waals surface area (Å²) in [7, 11) is -5.03. The van der Waals surface area contributed by atoms with Gasteiger partial charge in [-0.25, -0.2) is 4.57 Å². The van der Waals surface area contributed by atoms with Gasteiger partial charge in [-0.2, -0.15) is 0 Å². The number of phosphoric ester groups is 1. The Balaban J connectivity index is 2.34. The molecule has 0 aromatic carbocycles. The van der Waals surface area contributed by atoms with Crippen molar-refractivity contribution in [2.24, 2.45) is 0 Å². The van der Waals surface area contributed by atoms with Crippen LogP contribution in [0.1, 0.15) is 194 Å². The molecule has 382 valence electrons. The number of ether oxygens (including phenoxy) is 2. The Hall–Kier alpha value is -2.22. The van der Waals surface area contributed by atoms with Crippen LogP contribution in [0.4, 0.5) is 0 Å². The Labute approximate surface area is 400 Å². The molecule has 0 saturated heterocycles. The maximum Gasteiger partial charge on any atom is 0.472 e. The summed E-state index contributed by atoms with van der Waals surface area (Å²) in [6.07, 6.45) is 43.9. The molecule has 0 heterocycles. The standard InChI is InChI=1S/C53H93O12P/c1-3-5-7-9-11-13-15-17-19-20-21-22-23-24-25-26-27-29-31-33-35-37-39-41-43-62-44-46(45-63-66(60,61)65-53-51(58)49(56)48(55)50(57)52(53)59)64-47(54)42-40-38-36-34-32-30-28-18-16-14-12-10-8-6-4-2/h5,7,11,13,17-19,21-22,24-25,28,46,48-53,55-59H,3-4,6,8-10,12,14-16,20,23,26-27,29-45H2,1-2H3,(H,60,61)/b7-5-,13-11-,19-17-,22-21-,25-24-,28-18-. The van der Waals surface area contributed by atoms with Crippen molar-refractivity contribution in [2.45, 2.75) is 236 Å². The SMILES string of the molecule is CC/C=C\C/C=C\C/C=C\C/C=C\C/C=C\CCCCCCCCCCOCC(COP(=O)(O)OC1C(O)C(O)C(O)C(O)C1O)OC(=O)CCCCCCC/C=C\CCCCCCCC. The summed E-state index contributed by atoms with van der Waals surface area (Å²) in [4.78, 5) is 23.2. The molecule has 0 amide bonds. The lowest BCUT2D eigenvalue weighted by Crippen LogP contribution is -2.64. The highest BCUT2D eigenvalue weighted by molar-refractivity contribution is 7.47. The first kappa shape index (κ1) is 61.8. The summed E-state index contributed by atoms with van der Waals surface area (Å²) in [5.74, 6) is -0.491. The average Bonchev–Trinajstić information content (AvgIpc) is 3.30. The van der Waals surface area contributed by atoms with Crippen molar-refractivity contribution in [1.29, 1.82) is 0 Å². The van der Waals surface area contributed by atoms with Gasteiger partial charge < -0.3 is 39.9 Å². The van der Waals surface area contributed by atoms with Gasteiger partial charge in [0.1, 0.15) is 42.7 Å². The Kier molecular flexibility index (Phi) is 40.1. The number of aliphatic hydroxyl groups is 5. The number of unbranched alkanes of at least 4 members (excludes halogenated alkanes) is 19. The van der Waals surface area contributed by atoms with Crippen LogP contribution in [-0.2, 0) is 27.9 Å². The lowest BCUT2D eigenvalue weighted by Gasteiger charge is -2.41. The first-order chi connectivity index (χ1) is 32.0. The van der Waals surface area contributed by atoms with Gasteiger partial charge in [-0.1, -0.05) is 177 Å². The van der Waals surface area contributed by atoms with Crippen LogP contribution in [0, 0.1) is 0 Å². The number of allylic oxidation sites excluding steroid dienone is 12. The van der Waals surface area contributed by atoms with Crippen LogP contribution in [0.3, 0.4) is 0 Å². The third-order valence-electron chi connectivity index (χ3n) is 11.6. The van der Waals surface area contributed by atoms with Gasteiger partial charge in [0, 0.05) is 13.0 Å². The largest absolute Gasteiger partial charge is 0.472 e. The third-order valence-corrected chi connectivity index (χ3v) is 12.5. The number of carbonyl (C=O) groups is 1. The van der Waals surface area contributed by atoms with E-state index in [1.54, 1.807) is 0 Å². The number of esters is 1. The first-order valence-electron chi connectivity index (χ1n) is 25.8. The molecule has 1 aliphatic carbocycles. The highest BCUT2D eigenvalue weighted by Crippen LogP contribution is 2.47. The molecule has 0 aromatic rings. The van der Waals surface area contributed by atoms with E-state index in [0.717, 1.165) is 103 Å². The van der Waals surface area contributed by atoms with E-state index < -0.39 is 63.1 Å². The van der Waals surface area contributed by atoms with Gasteiger partial charge >= 0.3 is 13.8 Å². The number of phosphoric acid groups is 1. The second kappa shape index (κ2) is 42.8. The van der Waals surface area contributed by atoms with E-state index in [4.69, 9.17) is 18.5 Å². The summed E-state index contributed by atoms with van der Waals surface area (Å²) < 4.78 is 34.3. The predicted octanol–water partition coefficient (Wildman–Crippen LogP) is 11.5. The predicted molar refractivity (Wildman–Crippen MR) is 267 cm³/mol. The number of carbonyl (C=O) groups excluding carboxylic acids is 1. The third kappa shape index (κ3) is 34.1. The number of hydrogen-bond donors (Lipinski definition) is 6. The van der Waals surface area contributed by atoms with Gasteiger partial charge in [0.15, 0.2) is 0 Å². The fraction of sp³-hybridized carbons (Fsp3) is 0.755. The number of aliphatic hydroxyl groups excluding tert-OH is 5. The molecular formula is C53H93O12P. The molecule has 6 atom stereocenters. The quantitative estimate of drug-likeness (QED) is 0.0147. The number of rotatable bonds is 43. The van der Waals surface area contributed by atoms with Crippen molar-refractivity contribution >= 4 is 13.8 Å². The van der Waals surface area contributed by atoms with Gasteiger partial charge in [0.2, 0.25) is 0 Å². The molecule has 1 aliphatic rings. The van der Waals surface area contributed by atoms with Gasteiger partial charge in [0.25, 0.3) is 0 Å². The zero-order valence-electron chi connectivity index (χ0n) is 41.0.